The number of hydrazine groups is 1. The number of nitrogens with one attached hydrogen (secondary N) is 1. The number of hydrogen-bond donors (Lipinski definition) is 2. The minimum Gasteiger partial charge on any atom is -0.326 e. The molecule has 0 heterocycles. The summed E-state index contributed by atoms with van der Waals surface area (Å²) < 4.78 is 0. The van der Waals surface area contributed by atoms with Crippen LogP contribution in [-0.2, 0) is 17.8 Å². The van der Waals surface area contributed by atoms with Gasteiger partial charge in [-0.2, -0.15) is 0 Å². The van der Waals surface area contributed by atoms with Crippen LogP contribution in [0.3, 0.4) is 0 Å². The number of hydrogen-bond acceptors (Lipinski definition) is 3. The molecule has 0 bridgehead atoms. The van der Waals surface area contributed by atoms with E-state index in [-0.39, 0.29) is 5.91 Å². The second kappa shape index (κ2) is 5.48. The lowest BCUT2D eigenvalue weighted by atomic mass is 10.0. The Balaban J connectivity index is 2.67. The molecule has 4 nitrogen and oxygen atoms in total. The van der Waals surface area contributed by atoms with E-state index in [1.165, 1.54) is 0 Å². The number of nitrogens with zero attached hydrogens (tertiary/aromatic N) is 1. The van der Waals surface area contributed by atoms with Crippen LogP contribution in [0.2, 0.25) is 0 Å². The van der Waals surface area contributed by atoms with E-state index in [9.17, 15) is 4.79 Å². The van der Waals surface area contributed by atoms with Gasteiger partial charge in [0.15, 0.2) is 0 Å². The molecule has 0 spiro atoms. The molecule has 0 aromatic heterocycles. The van der Waals surface area contributed by atoms with E-state index in [2.05, 4.69) is 5.43 Å². The van der Waals surface area contributed by atoms with Crippen molar-refractivity contribution in [1.29, 1.82) is 0 Å². The molecule has 0 aliphatic heterocycles. The molecule has 0 aliphatic carbocycles. The molecule has 4 heteroatoms. The minimum absolute atomic E-state index is 0.0269. The molecule has 82 valence electrons. The highest BCUT2D eigenvalue weighted by Gasteiger charge is 2.06. The summed E-state index contributed by atoms with van der Waals surface area (Å²) in [6.45, 7) is 0.464. The largest absolute Gasteiger partial charge is 0.326 e. The standard InChI is InChI=1S/C11H17N3O/c1-14(2)13-11(15)7-9-5-3-4-6-10(9)8-12/h3-6H,7-8,12H2,1-2H3,(H,13,15). The number of benzene rings is 1. The first-order chi connectivity index (χ1) is 7.13. The summed E-state index contributed by atoms with van der Waals surface area (Å²) >= 11 is 0. The Hall–Kier alpha value is -1.39. The third kappa shape index (κ3) is 3.69. The van der Waals surface area contributed by atoms with Crippen LogP contribution in [0.4, 0.5) is 0 Å². The van der Waals surface area contributed by atoms with Gasteiger partial charge in [0.05, 0.1) is 6.42 Å². The minimum atomic E-state index is -0.0269. The Labute approximate surface area is 90.0 Å². The molecule has 3 N–H and O–H groups in total. The lowest BCUT2D eigenvalue weighted by molar-refractivity contribution is -0.124. The summed E-state index contributed by atoms with van der Waals surface area (Å²) in [5.41, 5.74) is 10.3. The van der Waals surface area contributed by atoms with Crippen LogP contribution in [0.5, 0.6) is 0 Å². The predicted octanol–water partition coefficient (Wildman–Crippen LogP) is 0.281. The Morgan fingerprint density at radius 2 is 1.93 bits per heavy atom. The zero-order chi connectivity index (χ0) is 11.3. The van der Waals surface area contributed by atoms with Crippen molar-refractivity contribution < 1.29 is 4.79 Å². The fourth-order valence-electron chi connectivity index (χ4n) is 1.39. The number of carbonyl (C=O) groups excluding carboxylic acids is 1. The molecule has 15 heavy (non-hydrogen) atoms. The molecule has 0 unspecified atom stereocenters. The Bertz CT molecular complexity index is 336. The lowest BCUT2D eigenvalue weighted by Gasteiger charge is -2.12. The monoisotopic (exact) mass is 207 g/mol. The molecule has 0 saturated carbocycles. The Morgan fingerprint density at radius 3 is 2.47 bits per heavy atom. The number of amides is 1. The molecular formula is C11H17N3O. The maximum absolute atomic E-state index is 11.5. The summed E-state index contributed by atoms with van der Waals surface area (Å²) in [5, 5.41) is 1.63. The highest BCUT2D eigenvalue weighted by molar-refractivity contribution is 5.78. The molecule has 0 saturated heterocycles. The first-order valence-electron chi connectivity index (χ1n) is 4.87. The van der Waals surface area contributed by atoms with E-state index in [0.717, 1.165) is 11.1 Å². The maximum atomic E-state index is 11.5. The normalized spacial score (nSPS) is 10.4. The van der Waals surface area contributed by atoms with Crippen molar-refractivity contribution in [3.05, 3.63) is 35.4 Å². The third-order valence-corrected chi connectivity index (χ3v) is 2.04. The zero-order valence-electron chi connectivity index (χ0n) is 9.16. The van der Waals surface area contributed by atoms with E-state index < -0.39 is 0 Å². The van der Waals surface area contributed by atoms with Crippen LogP contribution < -0.4 is 11.2 Å². The van der Waals surface area contributed by atoms with E-state index in [4.69, 9.17) is 5.73 Å². The van der Waals surface area contributed by atoms with E-state index >= 15 is 0 Å². The first kappa shape index (κ1) is 11.7. The van der Waals surface area contributed by atoms with Gasteiger partial charge >= 0.3 is 0 Å². The van der Waals surface area contributed by atoms with Gasteiger partial charge in [-0.05, 0) is 11.1 Å². The van der Waals surface area contributed by atoms with E-state index in [0.29, 0.717) is 13.0 Å². The summed E-state index contributed by atoms with van der Waals surface area (Å²) in [5.74, 6) is -0.0269. The average molecular weight is 207 g/mol. The molecule has 1 amide bonds. The van der Waals surface area contributed by atoms with Crippen LogP contribution >= 0.6 is 0 Å². The number of carbonyl (C=O) groups is 1. The van der Waals surface area contributed by atoms with Crippen LogP contribution in [0.15, 0.2) is 24.3 Å². The number of nitrogens with two attached hydrogens (primary N) is 1. The van der Waals surface area contributed by atoms with Crippen molar-refractivity contribution >= 4 is 5.91 Å². The Morgan fingerprint density at radius 1 is 1.33 bits per heavy atom. The fourth-order valence-corrected chi connectivity index (χ4v) is 1.39. The summed E-state index contributed by atoms with van der Waals surface area (Å²) in [7, 11) is 3.57. The SMILES string of the molecule is CN(C)NC(=O)Cc1ccccc1CN. The molecular weight excluding hydrogens is 190 g/mol. The van der Waals surface area contributed by atoms with Crippen LogP contribution in [0.25, 0.3) is 0 Å². The second-order valence-electron chi connectivity index (χ2n) is 3.58. The smallest absolute Gasteiger partial charge is 0.238 e. The van der Waals surface area contributed by atoms with E-state index in [1.807, 2.05) is 24.3 Å². The van der Waals surface area contributed by atoms with Crippen molar-refractivity contribution in [2.75, 3.05) is 14.1 Å². The van der Waals surface area contributed by atoms with Gasteiger partial charge in [0.25, 0.3) is 0 Å². The van der Waals surface area contributed by atoms with Gasteiger partial charge in [0.1, 0.15) is 0 Å². The highest BCUT2D eigenvalue weighted by atomic mass is 16.2. The van der Waals surface area contributed by atoms with Crippen molar-refractivity contribution in [3.63, 3.8) is 0 Å². The van der Waals surface area contributed by atoms with Crippen molar-refractivity contribution in [2.45, 2.75) is 13.0 Å². The van der Waals surface area contributed by atoms with Crippen molar-refractivity contribution in [1.82, 2.24) is 10.4 Å². The molecule has 0 atom stereocenters. The topological polar surface area (TPSA) is 58.4 Å². The molecule has 0 fully saturated rings. The molecule has 0 radical (unpaired) electrons. The van der Waals surface area contributed by atoms with Gasteiger partial charge in [0, 0.05) is 20.6 Å². The molecule has 0 aliphatic rings. The third-order valence-electron chi connectivity index (χ3n) is 2.04. The van der Waals surface area contributed by atoms with Crippen LogP contribution in [0, 0.1) is 0 Å². The van der Waals surface area contributed by atoms with Gasteiger partial charge in [0.2, 0.25) is 5.91 Å². The fraction of sp³-hybridized carbons (Fsp3) is 0.364. The second-order valence-corrected chi connectivity index (χ2v) is 3.58. The quantitative estimate of drug-likeness (QED) is 0.697. The zero-order valence-corrected chi connectivity index (χ0v) is 9.16. The maximum Gasteiger partial charge on any atom is 0.238 e. The molecule has 1 rings (SSSR count). The predicted molar refractivity (Wildman–Crippen MR) is 59.9 cm³/mol. The molecule has 1 aromatic carbocycles. The van der Waals surface area contributed by atoms with Gasteiger partial charge in [-0.3, -0.25) is 10.2 Å². The summed E-state index contributed by atoms with van der Waals surface area (Å²) in [6, 6.07) is 7.71. The number of rotatable bonds is 4. The average Bonchev–Trinajstić information content (AvgIpc) is 2.17. The van der Waals surface area contributed by atoms with Gasteiger partial charge in [-0.1, -0.05) is 24.3 Å². The van der Waals surface area contributed by atoms with Crippen molar-refractivity contribution in [2.24, 2.45) is 5.73 Å². The van der Waals surface area contributed by atoms with Crippen LogP contribution in [0.1, 0.15) is 11.1 Å². The Kier molecular flexibility index (Phi) is 4.27. The van der Waals surface area contributed by atoms with Crippen LogP contribution in [-0.4, -0.2) is 25.0 Å². The van der Waals surface area contributed by atoms with Gasteiger partial charge in [-0.15, -0.1) is 0 Å². The van der Waals surface area contributed by atoms with Crippen molar-refractivity contribution in [3.8, 4) is 0 Å². The lowest BCUT2D eigenvalue weighted by Crippen LogP contribution is -2.37. The summed E-state index contributed by atoms with van der Waals surface area (Å²) in [6.07, 6.45) is 0.367. The first-order valence-corrected chi connectivity index (χ1v) is 4.87. The summed E-state index contributed by atoms with van der Waals surface area (Å²) in [4.78, 5) is 11.5. The van der Waals surface area contributed by atoms with Gasteiger partial charge < -0.3 is 5.73 Å². The highest BCUT2D eigenvalue weighted by Crippen LogP contribution is 2.08. The molecule has 1 aromatic rings. The van der Waals surface area contributed by atoms with E-state index in [1.54, 1.807) is 19.1 Å². The van der Waals surface area contributed by atoms with Gasteiger partial charge in [-0.25, -0.2) is 5.01 Å².